The molecular weight excluding hydrogens is 300 g/mol. The third-order valence-corrected chi connectivity index (χ3v) is 4.13. The van der Waals surface area contributed by atoms with Crippen LogP contribution in [0.2, 0.25) is 0 Å². The van der Waals surface area contributed by atoms with Gasteiger partial charge >= 0.3 is 0 Å². The van der Waals surface area contributed by atoms with Crippen LogP contribution in [0.25, 0.3) is 22.3 Å². The number of benzene rings is 3. The number of fused-ring (bicyclic) bond motifs is 1. The van der Waals surface area contributed by atoms with Crippen molar-refractivity contribution in [2.45, 2.75) is 6.42 Å². The zero-order chi connectivity index (χ0) is 16.4. The van der Waals surface area contributed by atoms with Crippen molar-refractivity contribution >= 4 is 0 Å². The summed E-state index contributed by atoms with van der Waals surface area (Å²) in [4.78, 5) is 0. The van der Waals surface area contributed by atoms with Gasteiger partial charge < -0.3 is 14.6 Å². The molecule has 0 aliphatic carbocycles. The highest BCUT2D eigenvalue weighted by Crippen LogP contribution is 2.48. The molecule has 0 bridgehead atoms. The van der Waals surface area contributed by atoms with Gasteiger partial charge in [0, 0.05) is 23.3 Å². The van der Waals surface area contributed by atoms with Crippen LogP contribution in [0.3, 0.4) is 0 Å². The van der Waals surface area contributed by atoms with E-state index in [1.54, 1.807) is 0 Å². The molecule has 4 rings (SSSR count). The topological polar surface area (TPSA) is 38.7 Å². The lowest BCUT2D eigenvalue weighted by Crippen LogP contribution is -1.97. The molecule has 1 N–H and O–H groups in total. The molecule has 3 nitrogen and oxygen atoms in total. The number of hydrogen-bond donors (Lipinski definition) is 1. The van der Waals surface area contributed by atoms with Gasteiger partial charge in [-0.2, -0.15) is 0 Å². The molecule has 3 aromatic carbocycles. The summed E-state index contributed by atoms with van der Waals surface area (Å²) < 4.78 is 11.5. The van der Waals surface area contributed by atoms with Gasteiger partial charge in [0.1, 0.15) is 0 Å². The van der Waals surface area contributed by atoms with Crippen molar-refractivity contribution in [2.75, 3.05) is 13.4 Å². The van der Waals surface area contributed by atoms with Crippen LogP contribution < -0.4 is 9.47 Å². The van der Waals surface area contributed by atoms with Gasteiger partial charge in [-0.05, 0) is 23.6 Å². The summed E-state index contributed by atoms with van der Waals surface area (Å²) in [5.74, 6) is 1.44. The average molecular weight is 317 g/mol. The Bertz CT molecular complexity index is 842. The van der Waals surface area contributed by atoms with E-state index in [0.717, 1.165) is 33.6 Å². The smallest absolute Gasteiger partial charge is 0.231 e. The van der Waals surface area contributed by atoms with Crippen molar-refractivity contribution in [1.82, 2.24) is 0 Å². The molecule has 119 valence electrons. The van der Waals surface area contributed by atoms with E-state index < -0.39 is 0 Å². The van der Waals surface area contributed by atoms with Crippen LogP contribution in [-0.4, -0.2) is 18.5 Å². The molecule has 0 fully saturated rings. The minimum atomic E-state index is 0.0468. The van der Waals surface area contributed by atoms with E-state index >= 15 is 0 Å². The fraction of sp³-hybridized carbons (Fsp3) is 0.143. The van der Waals surface area contributed by atoms with E-state index in [2.05, 4.69) is 30.3 Å². The van der Waals surface area contributed by atoms with Crippen LogP contribution in [0.15, 0.2) is 60.7 Å². The van der Waals surface area contributed by atoms with Gasteiger partial charge in [-0.3, -0.25) is 0 Å². The second-order valence-electron chi connectivity index (χ2n) is 5.62. The van der Waals surface area contributed by atoms with Gasteiger partial charge in [0.25, 0.3) is 0 Å². The first-order chi connectivity index (χ1) is 11.9. The second kappa shape index (κ2) is 6.38. The van der Waals surface area contributed by atoms with Gasteiger partial charge in [0.2, 0.25) is 6.79 Å². The molecule has 1 heterocycles. The summed E-state index contributed by atoms with van der Waals surface area (Å²) in [6.45, 7) is 0.241. The molecular formula is C21H17O3. The van der Waals surface area contributed by atoms with Crippen molar-refractivity contribution in [3.05, 3.63) is 72.3 Å². The summed E-state index contributed by atoms with van der Waals surface area (Å²) in [6, 6.07) is 23.7. The molecule has 0 saturated heterocycles. The van der Waals surface area contributed by atoms with Crippen molar-refractivity contribution in [3.8, 4) is 33.8 Å². The Kier molecular flexibility index (Phi) is 3.93. The number of aliphatic hydroxyl groups excluding tert-OH is 1. The lowest BCUT2D eigenvalue weighted by molar-refractivity contribution is 0.173. The van der Waals surface area contributed by atoms with E-state index in [-0.39, 0.29) is 13.4 Å². The van der Waals surface area contributed by atoms with Crippen LogP contribution in [-0.2, 0) is 6.42 Å². The van der Waals surface area contributed by atoms with Gasteiger partial charge in [-0.1, -0.05) is 60.7 Å². The molecule has 1 aliphatic rings. The molecule has 3 aromatic rings. The summed E-state index contributed by atoms with van der Waals surface area (Å²) in [5, 5.41) is 9.38. The molecule has 1 radical (unpaired) electrons. The first kappa shape index (κ1) is 14.8. The van der Waals surface area contributed by atoms with Crippen LogP contribution in [0.5, 0.6) is 11.5 Å². The standard InChI is InChI=1S/C21H17O3/c22-12-11-17-13-18(15-7-3-1-4-8-15)19(16-9-5-2-6-10-16)21-20(17)23-14-24-21/h1-10,22H,11-12,14H2. The SMILES string of the molecule is OCCc1[c]c(-c2ccccc2)c(-c2ccccc2)c2c1OCO2. The number of hydrogen-bond acceptors (Lipinski definition) is 3. The summed E-state index contributed by atoms with van der Waals surface area (Å²) in [7, 11) is 0. The highest BCUT2D eigenvalue weighted by atomic mass is 16.7. The first-order valence-corrected chi connectivity index (χ1v) is 7.98. The molecule has 0 aromatic heterocycles. The second-order valence-corrected chi connectivity index (χ2v) is 5.62. The quantitative estimate of drug-likeness (QED) is 0.788. The zero-order valence-corrected chi connectivity index (χ0v) is 13.2. The Morgan fingerprint density at radius 1 is 0.833 bits per heavy atom. The first-order valence-electron chi connectivity index (χ1n) is 7.98. The molecule has 24 heavy (non-hydrogen) atoms. The van der Waals surface area contributed by atoms with E-state index in [4.69, 9.17) is 9.47 Å². The lowest BCUT2D eigenvalue weighted by atomic mass is 9.90. The fourth-order valence-corrected chi connectivity index (χ4v) is 3.06. The Balaban J connectivity index is 2.02. The molecule has 0 unspecified atom stereocenters. The van der Waals surface area contributed by atoms with Crippen LogP contribution in [0.4, 0.5) is 0 Å². The maximum atomic E-state index is 9.38. The largest absolute Gasteiger partial charge is 0.453 e. The molecule has 0 saturated carbocycles. The van der Waals surface area contributed by atoms with Crippen LogP contribution >= 0.6 is 0 Å². The summed E-state index contributed by atoms with van der Waals surface area (Å²) in [5.41, 5.74) is 4.92. The summed E-state index contributed by atoms with van der Waals surface area (Å²) >= 11 is 0. The molecule has 0 atom stereocenters. The minimum absolute atomic E-state index is 0.0468. The predicted molar refractivity (Wildman–Crippen MR) is 93.1 cm³/mol. The fourth-order valence-electron chi connectivity index (χ4n) is 3.06. The Hall–Kier alpha value is -2.78. The minimum Gasteiger partial charge on any atom is -0.453 e. The lowest BCUT2D eigenvalue weighted by Gasteiger charge is -2.15. The third-order valence-electron chi connectivity index (χ3n) is 4.13. The van der Waals surface area contributed by atoms with Crippen molar-refractivity contribution in [2.24, 2.45) is 0 Å². The van der Waals surface area contributed by atoms with Gasteiger partial charge in [0.15, 0.2) is 11.5 Å². The van der Waals surface area contributed by atoms with Crippen LogP contribution in [0.1, 0.15) is 5.56 Å². The zero-order valence-electron chi connectivity index (χ0n) is 13.2. The van der Waals surface area contributed by atoms with Gasteiger partial charge in [-0.25, -0.2) is 0 Å². The highest BCUT2D eigenvalue weighted by Gasteiger charge is 2.26. The van der Waals surface area contributed by atoms with E-state index in [1.165, 1.54) is 0 Å². The Morgan fingerprint density at radius 2 is 1.46 bits per heavy atom. The van der Waals surface area contributed by atoms with Gasteiger partial charge in [0.05, 0.1) is 0 Å². The molecule has 1 aliphatic heterocycles. The maximum absolute atomic E-state index is 9.38. The monoisotopic (exact) mass is 317 g/mol. The average Bonchev–Trinajstić information content (AvgIpc) is 3.13. The number of aliphatic hydroxyl groups is 1. The van der Waals surface area contributed by atoms with Gasteiger partial charge in [-0.15, -0.1) is 0 Å². The van der Waals surface area contributed by atoms with Crippen molar-refractivity contribution in [1.29, 1.82) is 0 Å². The maximum Gasteiger partial charge on any atom is 0.231 e. The molecule has 3 heteroatoms. The number of rotatable bonds is 4. The molecule has 0 amide bonds. The van der Waals surface area contributed by atoms with E-state index in [0.29, 0.717) is 12.2 Å². The Labute approximate surface area is 141 Å². The third kappa shape index (κ3) is 2.53. The van der Waals surface area contributed by atoms with E-state index in [9.17, 15) is 5.11 Å². The summed E-state index contributed by atoms with van der Waals surface area (Å²) in [6.07, 6.45) is 0.487. The van der Waals surface area contributed by atoms with Crippen molar-refractivity contribution in [3.63, 3.8) is 0 Å². The normalized spacial score (nSPS) is 12.4. The van der Waals surface area contributed by atoms with Crippen molar-refractivity contribution < 1.29 is 14.6 Å². The predicted octanol–water partition coefficient (Wildman–Crippen LogP) is 4.08. The Morgan fingerprint density at radius 3 is 2.12 bits per heavy atom. The molecule has 0 spiro atoms. The number of ether oxygens (including phenoxy) is 2. The van der Waals surface area contributed by atoms with Crippen LogP contribution in [0, 0.1) is 6.07 Å². The van der Waals surface area contributed by atoms with E-state index in [1.807, 2.05) is 36.4 Å². The highest BCUT2D eigenvalue weighted by molar-refractivity contribution is 5.90.